The Kier molecular flexibility index (Phi) is 4.98. The van der Waals surface area contributed by atoms with Crippen molar-refractivity contribution >= 4 is 24.8 Å². The van der Waals surface area contributed by atoms with Crippen LogP contribution in [0.2, 0.25) is 19.6 Å². The van der Waals surface area contributed by atoms with Gasteiger partial charge in [0.25, 0.3) is 0 Å². The third-order valence-electron chi connectivity index (χ3n) is 3.66. The van der Waals surface area contributed by atoms with Crippen molar-refractivity contribution in [3.05, 3.63) is 41.9 Å². The van der Waals surface area contributed by atoms with Crippen LogP contribution in [0.4, 0.5) is 5.69 Å². The van der Waals surface area contributed by atoms with Crippen molar-refractivity contribution < 1.29 is 0 Å². The number of pyridine rings is 2. The molecule has 0 aliphatic rings. The molecule has 0 fully saturated rings. The van der Waals surface area contributed by atoms with Gasteiger partial charge in [-0.15, -0.1) is 5.54 Å². The summed E-state index contributed by atoms with van der Waals surface area (Å²) in [5.41, 5.74) is 6.37. The van der Waals surface area contributed by atoms with Gasteiger partial charge in [0.2, 0.25) is 0 Å². The molecular formula is C20H22N6Si. The van der Waals surface area contributed by atoms with E-state index in [1.165, 1.54) is 0 Å². The highest BCUT2D eigenvalue weighted by molar-refractivity contribution is 6.83. The van der Waals surface area contributed by atoms with Crippen LogP contribution < -0.4 is 5.32 Å². The average molecular weight is 375 g/mol. The number of nitrogens with one attached hydrogen (secondary N) is 1. The zero-order valence-electron chi connectivity index (χ0n) is 16.2. The van der Waals surface area contributed by atoms with Gasteiger partial charge in [0.15, 0.2) is 11.5 Å². The lowest BCUT2D eigenvalue weighted by Crippen LogP contribution is -2.17. The van der Waals surface area contributed by atoms with Gasteiger partial charge in [-0.3, -0.25) is 0 Å². The largest absolute Gasteiger partial charge is 0.382 e. The van der Waals surface area contributed by atoms with Gasteiger partial charge in [-0.1, -0.05) is 25.6 Å². The monoisotopic (exact) mass is 374 g/mol. The number of nitriles is 1. The second-order valence-corrected chi connectivity index (χ2v) is 12.4. The summed E-state index contributed by atoms with van der Waals surface area (Å²) in [6.45, 7) is 10.8. The van der Waals surface area contributed by atoms with Gasteiger partial charge < -0.3 is 5.32 Å². The van der Waals surface area contributed by atoms with Crippen LogP contribution in [-0.4, -0.2) is 33.9 Å². The molecule has 7 heteroatoms. The Bertz CT molecular complexity index is 1090. The van der Waals surface area contributed by atoms with E-state index in [1.54, 1.807) is 29.3 Å². The highest BCUT2D eigenvalue weighted by Gasteiger charge is 2.13. The number of rotatable bonds is 3. The molecule has 3 heterocycles. The zero-order chi connectivity index (χ0) is 19.6. The molecule has 0 atom stereocenters. The molecule has 3 aromatic rings. The number of aromatic nitrogens is 4. The van der Waals surface area contributed by atoms with Gasteiger partial charge in [0.1, 0.15) is 14.1 Å². The zero-order valence-corrected chi connectivity index (χ0v) is 17.2. The summed E-state index contributed by atoms with van der Waals surface area (Å²) in [4.78, 5) is 8.92. The van der Waals surface area contributed by atoms with Crippen molar-refractivity contribution in [2.75, 3.05) is 5.32 Å². The van der Waals surface area contributed by atoms with E-state index in [9.17, 15) is 0 Å². The van der Waals surface area contributed by atoms with Crippen molar-refractivity contribution in [2.45, 2.75) is 39.5 Å². The number of hydrogen-bond acceptors (Lipinski definition) is 5. The highest BCUT2D eigenvalue weighted by atomic mass is 28.3. The Hall–Kier alpha value is -3.16. The first-order valence-electron chi connectivity index (χ1n) is 8.81. The van der Waals surface area contributed by atoms with Gasteiger partial charge in [-0.2, -0.15) is 15.0 Å². The van der Waals surface area contributed by atoms with Gasteiger partial charge in [0, 0.05) is 29.9 Å². The lowest BCUT2D eigenvalue weighted by molar-refractivity contribution is 0.857. The summed E-state index contributed by atoms with van der Waals surface area (Å²) in [6.07, 6.45) is 5.02. The van der Waals surface area contributed by atoms with Crippen LogP contribution in [0.1, 0.15) is 25.0 Å². The molecule has 6 nitrogen and oxygen atoms in total. The molecule has 0 aliphatic heterocycles. The van der Waals surface area contributed by atoms with Crippen molar-refractivity contribution in [3.63, 3.8) is 0 Å². The maximum absolute atomic E-state index is 9.03. The second kappa shape index (κ2) is 7.22. The molecule has 0 radical (unpaired) electrons. The Morgan fingerprint density at radius 1 is 1.11 bits per heavy atom. The smallest absolute Gasteiger partial charge is 0.164 e. The van der Waals surface area contributed by atoms with E-state index < -0.39 is 8.07 Å². The first kappa shape index (κ1) is 18.6. The maximum Gasteiger partial charge on any atom is 0.164 e. The number of anilines is 1. The summed E-state index contributed by atoms with van der Waals surface area (Å²) in [6, 6.07) is 6.07. The molecule has 0 bridgehead atoms. The van der Waals surface area contributed by atoms with E-state index in [1.807, 2.05) is 6.07 Å². The van der Waals surface area contributed by atoms with Crippen LogP contribution in [0, 0.1) is 22.8 Å². The summed E-state index contributed by atoms with van der Waals surface area (Å²) in [5.74, 6) is 3.95. The average Bonchev–Trinajstić information content (AvgIpc) is 3.02. The molecule has 0 saturated carbocycles. The van der Waals surface area contributed by atoms with E-state index in [4.69, 9.17) is 5.26 Å². The molecule has 1 N–H and O–H groups in total. The maximum atomic E-state index is 9.03. The minimum absolute atomic E-state index is 0.262. The van der Waals surface area contributed by atoms with Gasteiger partial charge in [-0.25, -0.2) is 9.97 Å². The Morgan fingerprint density at radius 2 is 1.89 bits per heavy atom. The lowest BCUT2D eigenvalue weighted by Gasteiger charge is -2.14. The predicted octanol–water partition coefficient (Wildman–Crippen LogP) is 3.74. The first-order valence-corrected chi connectivity index (χ1v) is 12.3. The van der Waals surface area contributed by atoms with Crippen molar-refractivity contribution in [3.8, 4) is 23.4 Å². The number of nitrogens with zero attached hydrogens (tertiary/aromatic N) is 5. The van der Waals surface area contributed by atoms with Gasteiger partial charge >= 0.3 is 0 Å². The molecule has 0 aliphatic carbocycles. The Morgan fingerprint density at radius 3 is 2.56 bits per heavy atom. The van der Waals surface area contributed by atoms with Crippen molar-refractivity contribution in [1.29, 1.82) is 5.26 Å². The van der Waals surface area contributed by atoms with E-state index >= 15 is 0 Å². The Labute approximate surface area is 160 Å². The topological polar surface area (TPSA) is 79.4 Å². The predicted molar refractivity (Wildman–Crippen MR) is 110 cm³/mol. The number of hydrogen-bond donors (Lipinski definition) is 1. The summed E-state index contributed by atoms with van der Waals surface area (Å²) < 4.78 is 1.68. The van der Waals surface area contributed by atoms with Crippen molar-refractivity contribution in [1.82, 2.24) is 19.7 Å². The fraction of sp³-hybridized carbons (Fsp3) is 0.300. The number of fused-ring (bicyclic) bond motifs is 1. The fourth-order valence-corrected chi connectivity index (χ4v) is 3.00. The SMILES string of the molecule is CC(C)Nc1cc(-n2ncc3cc(C#N)cnc32)ncc1C#C[Si](C)(C)C. The van der Waals surface area contributed by atoms with E-state index in [-0.39, 0.29) is 6.04 Å². The van der Waals surface area contributed by atoms with Crippen LogP contribution >= 0.6 is 0 Å². The molecule has 3 rings (SSSR count). The van der Waals surface area contributed by atoms with Gasteiger partial charge in [-0.05, 0) is 19.9 Å². The van der Waals surface area contributed by atoms with E-state index in [0.29, 0.717) is 17.0 Å². The van der Waals surface area contributed by atoms with Crippen LogP contribution in [0.15, 0.2) is 30.7 Å². The standard InChI is InChI=1S/C20H22N6Si/c1-14(2)25-18-9-19(22-12-16(18)6-7-27(3,4)5)26-20-17(13-24-26)8-15(10-21)11-23-20/h8-9,11-14H,1-5H3,(H,22,25). The Balaban J connectivity index is 2.09. The first-order chi connectivity index (χ1) is 12.8. The lowest BCUT2D eigenvalue weighted by atomic mass is 10.2. The normalized spacial score (nSPS) is 11.1. The molecule has 27 heavy (non-hydrogen) atoms. The van der Waals surface area contributed by atoms with Crippen LogP contribution in [0.5, 0.6) is 0 Å². The third-order valence-corrected chi connectivity index (χ3v) is 4.54. The summed E-state index contributed by atoms with van der Waals surface area (Å²) in [7, 11) is -1.49. The van der Waals surface area contributed by atoms with E-state index in [0.717, 1.165) is 16.6 Å². The molecule has 0 saturated heterocycles. The van der Waals surface area contributed by atoms with Crippen LogP contribution in [-0.2, 0) is 0 Å². The highest BCUT2D eigenvalue weighted by Crippen LogP contribution is 2.21. The van der Waals surface area contributed by atoms with Crippen LogP contribution in [0.3, 0.4) is 0 Å². The molecule has 0 amide bonds. The quantitative estimate of drug-likeness (QED) is 0.558. The minimum Gasteiger partial charge on any atom is -0.382 e. The molecule has 0 spiro atoms. The van der Waals surface area contributed by atoms with Gasteiger partial charge in [0.05, 0.1) is 23.0 Å². The third kappa shape index (κ3) is 4.33. The summed E-state index contributed by atoms with van der Waals surface area (Å²) >= 11 is 0. The molecular weight excluding hydrogens is 352 g/mol. The second-order valence-electron chi connectivity index (χ2n) is 7.69. The molecule has 0 unspecified atom stereocenters. The molecule has 136 valence electrons. The fourth-order valence-electron chi connectivity index (χ4n) is 2.50. The summed E-state index contributed by atoms with van der Waals surface area (Å²) in [5, 5.41) is 17.7. The molecule has 0 aromatic carbocycles. The minimum atomic E-state index is -1.49. The van der Waals surface area contributed by atoms with Crippen molar-refractivity contribution in [2.24, 2.45) is 0 Å². The molecule has 3 aromatic heterocycles. The van der Waals surface area contributed by atoms with Crippen LogP contribution in [0.25, 0.3) is 16.9 Å². The van der Waals surface area contributed by atoms with E-state index in [2.05, 4.69) is 71.4 Å².